The molecule has 0 bridgehead atoms. The highest BCUT2D eigenvalue weighted by Gasteiger charge is 2.30. The smallest absolute Gasteiger partial charge is 0.319 e. The van der Waals surface area contributed by atoms with Gasteiger partial charge >= 0.3 is 6.03 Å². The van der Waals surface area contributed by atoms with Crippen LogP contribution < -0.4 is 15.4 Å². The fourth-order valence-electron chi connectivity index (χ4n) is 5.40. The van der Waals surface area contributed by atoms with Gasteiger partial charge in [0.25, 0.3) is 5.91 Å². The van der Waals surface area contributed by atoms with Gasteiger partial charge in [0.15, 0.2) is 0 Å². The Morgan fingerprint density at radius 2 is 1.67 bits per heavy atom. The summed E-state index contributed by atoms with van der Waals surface area (Å²) < 4.78 is 26.9. The number of amides is 3. The van der Waals surface area contributed by atoms with Crippen molar-refractivity contribution in [1.82, 2.24) is 14.9 Å². The second kappa shape index (κ2) is 12.6. The quantitative estimate of drug-likeness (QED) is 0.473. The molecular formula is C29H37N5O4S. The minimum absolute atomic E-state index is 0.00442. The summed E-state index contributed by atoms with van der Waals surface area (Å²) in [6.07, 6.45) is 4.89. The lowest BCUT2D eigenvalue weighted by Crippen LogP contribution is -2.54. The first kappa shape index (κ1) is 28.6. The van der Waals surface area contributed by atoms with Crippen molar-refractivity contribution in [2.45, 2.75) is 70.4 Å². The van der Waals surface area contributed by atoms with Gasteiger partial charge < -0.3 is 15.5 Å². The molecule has 3 amide bonds. The van der Waals surface area contributed by atoms with Crippen LogP contribution in [0.4, 0.5) is 10.5 Å². The van der Waals surface area contributed by atoms with Crippen LogP contribution in [0.5, 0.6) is 0 Å². The van der Waals surface area contributed by atoms with E-state index in [1.54, 1.807) is 19.1 Å². The van der Waals surface area contributed by atoms with Crippen molar-refractivity contribution >= 4 is 27.6 Å². The molecule has 3 N–H and O–H groups in total. The predicted molar refractivity (Wildman–Crippen MR) is 151 cm³/mol. The molecule has 0 radical (unpaired) electrons. The molecule has 2 aliphatic rings. The van der Waals surface area contributed by atoms with Crippen molar-refractivity contribution in [3.05, 3.63) is 64.7 Å². The number of anilines is 1. The Morgan fingerprint density at radius 3 is 2.31 bits per heavy atom. The number of piperidine rings is 1. The number of hydrogen-bond acceptors (Lipinski definition) is 5. The summed E-state index contributed by atoms with van der Waals surface area (Å²) in [5, 5.41) is 14.8. The Morgan fingerprint density at radius 1 is 1.00 bits per heavy atom. The van der Waals surface area contributed by atoms with E-state index >= 15 is 0 Å². The summed E-state index contributed by atoms with van der Waals surface area (Å²) >= 11 is 0. The summed E-state index contributed by atoms with van der Waals surface area (Å²) in [6, 6.07) is 14.1. The molecule has 2 aromatic carbocycles. The van der Waals surface area contributed by atoms with Crippen LogP contribution in [0.2, 0.25) is 0 Å². The maximum Gasteiger partial charge on any atom is 0.319 e. The number of nitrogens with zero attached hydrogens (tertiary/aromatic N) is 2. The molecular weight excluding hydrogens is 514 g/mol. The Hall–Kier alpha value is -3.42. The number of sulfonamides is 1. The Balaban J connectivity index is 1.36. The highest BCUT2D eigenvalue weighted by Crippen LogP contribution is 2.29. The molecule has 0 spiro atoms. The average Bonchev–Trinajstić information content (AvgIpc) is 2.95. The standard InChI is InChI=1S/C29H37N5O4S/c1-3-39(37,38)33-26-7-5-4-6-25(26)31-29(36)32-27-18-24(11-8-20(27)2)28(35)34-16-14-23(15-17-34)22-12-9-21(19-30)10-13-22/h8-13,18,23,25-26,33H,3-7,14-17H2,1-2H3,(H2,31,32,36)/t25-,26+/m0/s1. The zero-order valence-corrected chi connectivity index (χ0v) is 23.4. The SMILES string of the molecule is CCS(=O)(=O)N[C@@H]1CCCC[C@@H]1NC(=O)Nc1cc(C(=O)N2CCC(c3ccc(C#N)cc3)CC2)ccc1C. The highest BCUT2D eigenvalue weighted by atomic mass is 32.2. The molecule has 208 valence electrons. The minimum Gasteiger partial charge on any atom is -0.339 e. The Kier molecular flexibility index (Phi) is 9.25. The molecule has 0 unspecified atom stereocenters. The molecule has 39 heavy (non-hydrogen) atoms. The third kappa shape index (κ3) is 7.37. The highest BCUT2D eigenvalue weighted by molar-refractivity contribution is 7.89. The lowest BCUT2D eigenvalue weighted by molar-refractivity contribution is 0.0713. The van der Waals surface area contributed by atoms with Gasteiger partial charge in [0, 0.05) is 36.4 Å². The number of nitriles is 1. The van der Waals surface area contributed by atoms with Crippen molar-refractivity contribution < 1.29 is 18.0 Å². The van der Waals surface area contributed by atoms with E-state index in [9.17, 15) is 18.0 Å². The zero-order valence-electron chi connectivity index (χ0n) is 22.6. The van der Waals surface area contributed by atoms with Crippen molar-refractivity contribution in [3.63, 3.8) is 0 Å². The summed E-state index contributed by atoms with van der Waals surface area (Å²) in [4.78, 5) is 28.0. The third-order valence-electron chi connectivity index (χ3n) is 7.82. The summed E-state index contributed by atoms with van der Waals surface area (Å²) in [5.41, 5.74) is 3.72. The molecule has 1 saturated carbocycles. The van der Waals surface area contributed by atoms with Crippen LogP contribution in [0, 0.1) is 18.3 Å². The van der Waals surface area contributed by atoms with Gasteiger partial charge in [-0.3, -0.25) is 4.79 Å². The molecule has 4 rings (SSSR count). The second-order valence-corrected chi connectivity index (χ2v) is 12.5. The number of nitrogens with one attached hydrogen (secondary N) is 3. The molecule has 2 fully saturated rings. The summed E-state index contributed by atoms with van der Waals surface area (Å²) in [7, 11) is -3.38. The predicted octanol–water partition coefficient (Wildman–Crippen LogP) is 4.26. The number of aryl methyl sites for hydroxylation is 1. The van der Waals surface area contributed by atoms with E-state index in [2.05, 4.69) is 21.4 Å². The number of carbonyl (C=O) groups is 2. The summed E-state index contributed by atoms with van der Waals surface area (Å²) in [5.74, 6) is 0.277. The van der Waals surface area contributed by atoms with Gasteiger partial charge in [0.2, 0.25) is 10.0 Å². The second-order valence-electron chi connectivity index (χ2n) is 10.4. The van der Waals surface area contributed by atoms with Crippen LogP contribution in [-0.4, -0.2) is 56.2 Å². The average molecular weight is 552 g/mol. The van der Waals surface area contributed by atoms with Gasteiger partial charge in [-0.2, -0.15) is 5.26 Å². The molecule has 1 aliphatic carbocycles. The summed E-state index contributed by atoms with van der Waals surface area (Å²) in [6.45, 7) is 4.73. The number of carbonyl (C=O) groups excluding carboxylic acids is 2. The van der Waals surface area contributed by atoms with E-state index < -0.39 is 16.1 Å². The van der Waals surface area contributed by atoms with E-state index in [4.69, 9.17) is 5.26 Å². The molecule has 1 heterocycles. The van der Waals surface area contributed by atoms with E-state index in [1.807, 2.05) is 42.2 Å². The zero-order chi connectivity index (χ0) is 28.0. The molecule has 2 aromatic rings. The molecule has 0 aromatic heterocycles. The van der Waals surface area contributed by atoms with Gasteiger partial charge in [0.1, 0.15) is 0 Å². The van der Waals surface area contributed by atoms with Gasteiger partial charge in [-0.15, -0.1) is 0 Å². The molecule has 10 heteroatoms. The number of likely N-dealkylation sites (tertiary alicyclic amines) is 1. The number of benzene rings is 2. The van der Waals surface area contributed by atoms with Gasteiger partial charge in [-0.05, 0) is 80.8 Å². The topological polar surface area (TPSA) is 131 Å². The van der Waals surface area contributed by atoms with E-state index in [0.29, 0.717) is 48.7 Å². The Bertz CT molecular complexity index is 1330. The minimum atomic E-state index is -3.38. The molecule has 1 aliphatic heterocycles. The first-order valence-corrected chi connectivity index (χ1v) is 15.3. The fourth-order valence-corrected chi connectivity index (χ4v) is 6.31. The van der Waals surface area contributed by atoms with Crippen LogP contribution >= 0.6 is 0 Å². The lowest BCUT2D eigenvalue weighted by Gasteiger charge is -2.33. The Labute approximate surface area is 231 Å². The lowest BCUT2D eigenvalue weighted by atomic mass is 9.89. The number of hydrogen-bond donors (Lipinski definition) is 3. The van der Waals surface area contributed by atoms with Crippen molar-refractivity contribution in [2.75, 3.05) is 24.2 Å². The maximum atomic E-state index is 13.3. The third-order valence-corrected chi connectivity index (χ3v) is 9.24. The molecule has 1 saturated heterocycles. The van der Waals surface area contributed by atoms with Gasteiger partial charge in [-0.25, -0.2) is 17.9 Å². The van der Waals surface area contributed by atoms with Crippen LogP contribution in [0.25, 0.3) is 0 Å². The van der Waals surface area contributed by atoms with Crippen LogP contribution in [0.1, 0.15) is 78.4 Å². The van der Waals surface area contributed by atoms with E-state index in [-0.39, 0.29) is 23.7 Å². The number of urea groups is 1. The van der Waals surface area contributed by atoms with E-state index in [1.165, 1.54) is 5.56 Å². The molecule has 2 atom stereocenters. The first-order chi connectivity index (χ1) is 18.7. The van der Waals surface area contributed by atoms with Crippen molar-refractivity contribution in [1.29, 1.82) is 5.26 Å². The fraction of sp³-hybridized carbons (Fsp3) is 0.483. The number of rotatable bonds is 7. The van der Waals surface area contributed by atoms with Crippen LogP contribution in [0.15, 0.2) is 42.5 Å². The van der Waals surface area contributed by atoms with Gasteiger partial charge in [0.05, 0.1) is 17.4 Å². The monoisotopic (exact) mass is 551 g/mol. The van der Waals surface area contributed by atoms with Crippen LogP contribution in [-0.2, 0) is 10.0 Å². The van der Waals surface area contributed by atoms with Crippen molar-refractivity contribution in [2.24, 2.45) is 0 Å². The van der Waals surface area contributed by atoms with E-state index in [0.717, 1.165) is 31.2 Å². The van der Waals surface area contributed by atoms with Crippen molar-refractivity contribution in [3.8, 4) is 6.07 Å². The normalized spacial score (nSPS) is 20.2. The van der Waals surface area contributed by atoms with Gasteiger partial charge in [-0.1, -0.05) is 31.0 Å². The largest absolute Gasteiger partial charge is 0.339 e. The molecule has 9 nitrogen and oxygen atoms in total. The van der Waals surface area contributed by atoms with Crippen LogP contribution in [0.3, 0.4) is 0 Å². The maximum absolute atomic E-state index is 13.3. The first-order valence-electron chi connectivity index (χ1n) is 13.7.